The van der Waals surface area contributed by atoms with E-state index in [-0.39, 0.29) is 5.60 Å². The highest BCUT2D eigenvalue weighted by molar-refractivity contribution is 4.89. The van der Waals surface area contributed by atoms with Crippen LogP contribution in [0.4, 0.5) is 0 Å². The molecular formula is C16H33NO3. The van der Waals surface area contributed by atoms with Crippen LogP contribution in [0.15, 0.2) is 0 Å². The molecule has 1 fully saturated rings. The molecule has 0 aromatic rings. The van der Waals surface area contributed by atoms with Crippen LogP contribution in [0.5, 0.6) is 0 Å². The molecular weight excluding hydrogens is 254 g/mol. The van der Waals surface area contributed by atoms with E-state index in [1.807, 2.05) is 0 Å². The second kappa shape index (κ2) is 9.72. The van der Waals surface area contributed by atoms with Gasteiger partial charge in [0.15, 0.2) is 0 Å². The van der Waals surface area contributed by atoms with Crippen molar-refractivity contribution < 1.29 is 14.2 Å². The molecule has 0 heterocycles. The van der Waals surface area contributed by atoms with Crippen LogP contribution in [0.1, 0.15) is 46.0 Å². The quantitative estimate of drug-likeness (QED) is 0.628. The van der Waals surface area contributed by atoms with Crippen molar-refractivity contribution in [2.45, 2.75) is 51.6 Å². The molecule has 0 aliphatic heterocycles. The van der Waals surface area contributed by atoms with E-state index in [9.17, 15) is 0 Å². The van der Waals surface area contributed by atoms with E-state index in [4.69, 9.17) is 19.9 Å². The first kappa shape index (κ1) is 17.9. The van der Waals surface area contributed by atoms with Gasteiger partial charge in [-0.3, -0.25) is 0 Å². The molecule has 4 heteroatoms. The lowest BCUT2D eigenvalue weighted by Gasteiger charge is -2.40. The smallest absolute Gasteiger partial charge is 0.0804 e. The van der Waals surface area contributed by atoms with Crippen LogP contribution in [0.3, 0.4) is 0 Å². The van der Waals surface area contributed by atoms with Crippen molar-refractivity contribution in [3.05, 3.63) is 0 Å². The topological polar surface area (TPSA) is 53.7 Å². The molecule has 20 heavy (non-hydrogen) atoms. The lowest BCUT2D eigenvalue weighted by molar-refractivity contribution is -0.0799. The molecule has 0 bridgehead atoms. The van der Waals surface area contributed by atoms with Gasteiger partial charge in [0.1, 0.15) is 0 Å². The van der Waals surface area contributed by atoms with Gasteiger partial charge < -0.3 is 19.9 Å². The van der Waals surface area contributed by atoms with Crippen LogP contribution in [-0.2, 0) is 14.2 Å². The van der Waals surface area contributed by atoms with E-state index < -0.39 is 0 Å². The molecule has 1 aliphatic rings. The van der Waals surface area contributed by atoms with Crippen molar-refractivity contribution in [1.29, 1.82) is 0 Å². The Morgan fingerprint density at radius 1 is 1.10 bits per heavy atom. The molecule has 4 nitrogen and oxygen atoms in total. The summed E-state index contributed by atoms with van der Waals surface area (Å²) in [7, 11) is 1.69. The average Bonchev–Trinajstić information content (AvgIpc) is 2.46. The summed E-state index contributed by atoms with van der Waals surface area (Å²) in [6.07, 6.45) is 5.64. The number of hydrogen-bond donors (Lipinski definition) is 1. The number of nitrogens with two attached hydrogens (primary N) is 1. The number of rotatable bonds is 10. The third-order valence-corrected chi connectivity index (χ3v) is 4.53. The van der Waals surface area contributed by atoms with Gasteiger partial charge in [-0.15, -0.1) is 0 Å². The molecule has 1 rings (SSSR count). The minimum Gasteiger partial charge on any atom is -0.382 e. The lowest BCUT2D eigenvalue weighted by atomic mass is 9.74. The molecule has 0 atom stereocenters. The van der Waals surface area contributed by atoms with E-state index in [1.54, 1.807) is 7.11 Å². The van der Waals surface area contributed by atoms with Gasteiger partial charge in [-0.05, 0) is 43.9 Å². The lowest BCUT2D eigenvalue weighted by Crippen LogP contribution is -2.44. The third-order valence-electron chi connectivity index (χ3n) is 4.53. The van der Waals surface area contributed by atoms with Crippen LogP contribution in [0.25, 0.3) is 0 Å². The summed E-state index contributed by atoms with van der Waals surface area (Å²) in [4.78, 5) is 0. The minimum absolute atomic E-state index is 0.0715. The van der Waals surface area contributed by atoms with Crippen LogP contribution >= 0.6 is 0 Å². The Hall–Kier alpha value is -0.160. The normalized spacial score (nSPS) is 27.1. The van der Waals surface area contributed by atoms with Gasteiger partial charge in [0, 0.05) is 26.9 Å². The standard InChI is InChI=1S/C16H33NO3/c1-14(2)15-5-7-16(13-17,8-6-15)20-10-4-9-19-12-11-18-3/h14-15H,4-13,17H2,1-3H3. The summed E-state index contributed by atoms with van der Waals surface area (Å²) >= 11 is 0. The summed E-state index contributed by atoms with van der Waals surface area (Å²) in [5.41, 5.74) is 5.90. The van der Waals surface area contributed by atoms with Crippen molar-refractivity contribution in [2.24, 2.45) is 17.6 Å². The van der Waals surface area contributed by atoms with Crippen molar-refractivity contribution in [3.63, 3.8) is 0 Å². The number of ether oxygens (including phenoxy) is 3. The molecule has 2 N–H and O–H groups in total. The molecule has 0 aromatic carbocycles. The number of hydrogen-bond acceptors (Lipinski definition) is 4. The molecule has 1 aliphatic carbocycles. The van der Waals surface area contributed by atoms with E-state index in [1.165, 1.54) is 12.8 Å². The molecule has 0 amide bonds. The second-order valence-electron chi connectivity index (χ2n) is 6.28. The maximum atomic E-state index is 6.12. The molecule has 0 saturated heterocycles. The molecule has 1 saturated carbocycles. The Morgan fingerprint density at radius 3 is 2.35 bits per heavy atom. The second-order valence-corrected chi connectivity index (χ2v) is 6.28. The number of methoxy groups -OCH3 is 1. The predicted molar refractivity (Wildman–Crippen MR) is 81.8 cm³/mol. The Kier molecular flexibility index (Phi) is 8.69. The highest BCUT2D eigenvalue weighted by atomic mass is 16.5. The molecule has 0 aromatic heterocycles. The van der Waals surface area contributed by atoms with Crippen LogP contribution in [0, 0.1) is 11.8 Å². The average molecular weight is 287 g/mol. The first-order valence-electron chi connectivity index (χ1n) is 8.04. The Bertz CT molecular complexity index is 238. The molecule has 0 spiro atoms. The Morgan fingerprint density at radius 2 is 1.80 bits per heavy atom. The first-order chi connectivity index (χ1) is 9.63. The van der Waals surface area contributed by atoms with E-state index in [0.717, 1.165) is 44.3 Å². The highest BCUT2D eigenvalue weighted by Gasteiger charge is 2.35. The Balaban J connectivity index is 2.16. The van der Waals surface area contributed by atoms with Gasteiger partial charge >= 0.3 is 0 Å². The molecule has 0 radical (unpaired) electrons. The fraction of sp³-hybridized carbons (Fsp3) is 1.00. The van der Waals surface area contributed by atoms with Crippen LogP contribution < -0.4 is 5.73 Å². The summed E-state index contributed by atoms with van der Waals surface area (Å²) in [6, 6.07) is 0. The zero-order valence-electron chi connectivity index (χ0n) is 13.5. The fourth-order valence-electron chi connectivity index (χ4n) is 2.93. The first-order valence-corrected chi connectivity index (χ1v) is 8.04. The van der Waals surface area contributed by atoms with Crippen LogP contribution in [-0.4, -0.2) is 45.7 Å². The van der Waals surface area contributed by atoms with Gasteiger partial charge in [0.2, 0.25) is 0 Å². The molecule has 120 valence electrons. The largest absolute Gasteiger partial charge is 0.382 e. The molecule has 0 unspecified atom stereocenters. The van der Waals surface area contributed by atoms with E-state index in [0.29, 0.717) is 19.8 Å². The van der Waals surface area contributed by atoms with Crippen molar-refractivity contribution in [2.75, 3.05) is 40.1 Å². The van der Waals surface area contributed by atoms with Crippen molar-refractivity contribution >= 4 is 0 Å². The summed E-state index contributed by atoms with van der Waals surface area (Å²) in [5, 5.41) is 0. The SMILES string of the molecule is COCCOCCCOC1(CN)CCC(C(C)C)CC1. The maximum absolute atomic E-state index is 6.12. The van der Waals surface area contributed by atoms with Gasteiger partial charge in [0.05, 0.1) is 18.8 Å². The van der Waals surface area contributed by atoms with Gasteiger partial charge in [-0.2, -0.15) is 0 Å². The van der Waals surface area contributed by atoms with Crippen molar-refractivity contribution in [1.82, 2.24) is 0 Å². The minimum atomic E-state index is -0.0715. The summed E-state index contributed by atoms with van der Waals surface area (Å²) < 4.78 is 16.5. The maximum Gasteiger partial charge on any atom is 0.0804 e. The fourth-order valence-corrected chi connectivity index (χ4v) is 2.93. The van der Waals surface area contributed by atoms with Gasteiger partial charge in [-0.1, -0.05) is 13.8 Å². The highest BCUT2D eigenvalue weighted by Crippen LogP contribution is 2.37. The predicted octanol–water partition coefficient (Wildman–Crippen LogP) is 2.60. The van der Waals surface area contributed by atoms with Crippen molar-refractivity contribution in [3.8, 4) is 0 Å². The van der Waals surface area contributed by atoms with Gasteiger partial charge in [0.25, 0.3) is 0 Å². The monoisotopic (exact) mass is 287 g/mol. The van der Waals surface area contributed by atoms with E-state index >= 15 is 0 Å². The Labute approximate surface area is 124 Å². The summed E-state index contributed by atoms with van der Waals surface area (Å²) in [6.45, 7) is 8.08. The van der Waals surface area contributed by atoms with Crippen LogP contribution in [0.2, 0.25) is 0 Å². The zero-order valence-corrected chi connectivity index (χ0v) is 13.5. The third kappa shape index (κ3) is 6.08. The van der Waals surface area contributed by atoms with E-state index in [2.05, 4.69) is 13.8 Å². The summed E-state index contributed by atoms with van der Waals surface area (Å²) in [5.74, 6) is 1.62. The van der Waals surface area contributed by atoms with Gasteiger partial charge in [-0.25, -0.2) is 0 Å². The zero-order chi connectivity index (χ0) is 14.8.